The number of carbonyl (C=O) groups excluding carboxylic acids is 1. The molecule has 0 aliphatic carbocycles. The molecule has 27 heavy (non-hydrogen) atoms. The third-order valence-corrected chi connectivity index (χ3v) is 4.66. The van der Waals surface area contributed by atoms with Gasteiger partial charge in [-0.1, -0.05) is 36.4 Å². The maximum absolute atomic E-state index is 12.6. The van der Waals surface area contributed by atoms with Gasteiger partial charge in [-0.3, -0.25) is 4.79 Å². The minimum absolute atomic E-state index is 0.00748. The van der Waals surface area contributed by atoms with Crippen LogP contribution in [0.2, 0.25) is 0 Å². The van der Waals surface area contributed by atoms with E-state index in [1.165, 1.54) is 0 Å². The predicted octanol–water partition coefficient (Wildman–Crippen LogP) is 3.89. The van der Waals surface area contributed by atoms with Crippen LogP contribution in [0.3, 0.4) is 0 Å². The normalized spacial score (nSPS) is 13.3. The van der Waals surface area contributed by atoms with Crippen LogP contribution in [0, 0.1) is 0 Å². The second kappa shape index (κ2) is 7.99. The van der Waals surface area contributed by atoms with Gasteiger partial charge in [-0.05, 0) is 35.4 Å². The van der Waals surface area contributed by atoms with Gasteiger partial charge >= 0.3 is 0 Å². The molecule has 138 valence electrons. The highest BCUT2D eigenvalue weighted by molar-refractivity contribution is 5.77. The summed E-state index contributed by atoms with van der Waals surface area (Å²) in [6, 6.07) is 19.7. The fourth-order valence-electron chi connectivity index (χ4n) is 3.28. The Kier molecular flexibility index (Phi) is 5.10. The van der Waals surface area contributed by atoms with Gasteiger partial charge < -0.3 is 19.2 Å². The first-order valence-corrected chi connectivity index (χ1v) is 9.03. The average molecular weight is 363 g/mol. The largest absolute Gasteiger partial charge is 0.469 e. The summed E-state index contributed by atoms with van der Waals surface area (Å²) in [5, 5.41) is 2.99. The van der Waals surface area contributed by atoms with E-state index in [0.717, 1.165) is 28.4 Å². The van der Waals surface area contributed by atoms with Crippen LogP contribution in [0.15, 0.2) is 71.3 Å². The minimum atomic E-state index is -0.0516. The lowest BCUT2D eigenvalue weighted by molar-refractivity contribution is -0.121. The SMILES string of the molecule is O=C(C[C@H](c1ccccc1)c1ccc2c(c1)OCO2)NCCc1ccco1. The number of fused-ring (bicyclic) bond motifs is 1. The van der Waals surface area contributed by atoms with E-state index in [9.17, 15) is 4.79 Å². The molecule has 1 N–H and O–H groups in total. The number of furan rings is 1. The van der Waals surface area contributed by atoms with Crippen LogP contribution >= 0.6 is 0 Å². The summed E-state index contributed by atoms with van der Waals surface area (Å²) in [6.07, 6.45) is 2.68. The van der Waals surface area contributed by atoms with E-state index in [4.69, 9.17) is 13.9 Å². The lowest BCUT2D eigenvalue weighted by Crippen LogP contribution is -2.27. The molecular weight excluding hydrogens is 342 g/mol. The molecule has 0 radical (unpaired) electrons. The predicted molar refractivity (Wildman–Crippen MR) is 101 cm³/mol. The van der Waals surface area contributed by atoms with Gasteiger partial charge in [-0.2, -0.15) is 0 Å². The average Bonchev–Trinajstić information content (AvgIpc) is 3.38. The number of amides is 1. The van der Waals surface area contributed by atoms with Gasteiger partial charge in [-0.25, -0.2) is 0 Å². The standard InChI is InChI=1S/C22H21NO4/c24-22(23-11-10-18-7-4-12-25-18)14-19(16-5-2-1-3-6-16)17-8-9-20-21(13-17)27-15-26-20/h1-9,12-13,19H,10-11,14-15H2,(H,23,24)/t19-/m1/s1. The fraction of sp³-hybridized carbons (Fsp3) is 0.227. The lowest BCUT2D eigenvalue weighted by Gasteiger charge is -2.18. The van der Waals surface area contributed by atoms with Crippen molar-refractivity contribution in [2.24, 2.45) is 0 Å². The molecule has 0 saturated heterocycles. The van der Waals surface area contributed by atoms with Crippen molar-refractivity contribution in [2.75, 3.05) is 13.3 Å². The van der Waals surface area contributed by atoms with E-state index in [1.54, 1.807) is 6.26 Å². The van der Waals surface area contributed by atoms with Crippen molar-refractivity contribution < 1.29 is 18.7 Å². The summed E-state index contributed by atoms with van der Waals surface area (Å²) < 4.78 is 16.2. The summed E-state index contributed by atoms with van der Waals surface area (Å²) in [6.45, 7) is 0.789. The third-order valence-electron chi connectivity index (χ3n) is 4.66. The highest BCUT2D eigenvalue weighted by atomic mass is 16.7. The second-order valence-corrected chi connectivity index (χ2v) is 6.46. The van der Waals surface area contributed by atoms with Crippen molar-refractivity contribution in [1.29, 1.82) is 0 Å². The van der Waals surface area contributed by atoms with Crippen LogP contribution in [-0.2, 0) is 11.2 Å². The Bertz CT molecular complexity index is 890. The monoisotopic (exact) mass is 363 g/mol. The summed E-state index contributed by atoms with van der Waals surface area (Å²) in [5.41, 5.74) is 2.13. The number of ether oxygens (including phenoxy) is 2. The maximum atomic E-state index is 12.6. The van der Waals surface area contributed by atoms with Crippen molar-refractivity contribution in [3.8, 4) is 11.5 Å². The van der Waals surface area contributed by atoms with Crippen LogP contribution in [0.4, 0.5) is 0 Å². The highest BCUT2D eigenvalue weighted by Crippen LogP contribution is 2.37. The van der Waals surface area contributed by atoms with Crippen LogP contribution in [0.5, 0.6) is 11.5 Å². The first kappa shape index (κ1) is 17.2. The number of rotatable bonds is 7. The van der Waals surface area contributed by atoms with Crippen LogP contribution in [0.25, 0.3) is 0 Å². The van der Waals surface area contributed by atoms with Crippen LogP contribution < -0.4 is 14.8 Å². The molecule has 1 aliphatic rings. The molecule has 1 atom stereocenters. The Morgan fingerprint density at radius 2 is 1.81 bits per heavy atom. The molecular formula is C22H21NO4. The van der Waals surface area contributed by atoms with E-state index in [2.05, 4.69) is 5.32 Å². The van der Waals surface area contributed by atoms with Gasteiger partial charge in [0.15, 0.2) is 11.5 Å². The van der Waals surface area contributed by atoms with Gasteiger partial charge in [0, 0.05) is 25.3 Å². The van der Waals surface area contributed by atoms with Crippen molar-refractivity contribution in [1.82, 2.24) is 5.32 Å². The van der Waals surface area contributed by atoms with Gasteiger partial charge in [0.05, 0.1) is 6.26 Å². The smallest absolute Gasteiger partial charge is 0.231 e. The third kappa shape index (κ3) is 4.14. The zero-order valence-electron chi connectivity index (χ0n) is 14.9. The van der Waals surface area contributed by atoms with Crippen LogP contribution in [-0.4, -0.2) is 19.2 Å². The number of carbonyl (C=O) groups is 1. The van der Waals surface area contributed by atoms with Gasteiger partial charge in [0.1, 0.15) is 5.76 Å². The van der Waals surface area contributed by atoms with E-state index in [0.29, 0.717) is 19.4 Å². The van der Waals surface area contributed by atoms with E-state index >= 15 is 0 Å². The maximum Gasteiger partial charge on any atom is 0.231 e. The second-order valence-electron chi connectivity index (χ2n) is 6.46. The molecule has 2 heterocycles. The molecule has 4 rings (SSSR count). The molecule has 0 spiro atoms. The summed E-state index contributed by atoms with van der Waals surface area (Å²) >= 11 is 0. The molecule has 5 heteroatoms. The molecule has 1 amide bonds. The Balaban J connectivity index is 1.47. The number of hydrogen-bond acceptors (Lipinski definition) is 4. The zero-order chi connectivity index (χ0) is 18.5. The Morgan fingerprint density at radius 3 is 2.63 bits per heavy atom. The Morgan fingerprint density at radius 1 is 0.963 bits per heavy atom. The van der Waals surface area contributed by atoms with Gasteiger partial charge in [0.2, 0.25) is 12.7 Å². The first-order chi connectivity index (χ1) is 13.3. The molecule has 0 fully saturated rings. The molecule has 5 nitrogen and oxygen atoms in total. The zero-order valence-corrected chi connectivity index (χ0v) is 14.9. The van der Waals surface area contributed by atoms with Crippen molar-refractivity contribution in [2.45, 2.75) is 18.8 Å². The molecule has 3 aromatic rings. The van der Waals surface area contributed by atoms with Crippen molar-refractivity contribution in [3.63, 3.8) is 0 Å². The van der Waals surface area contributed by atoms with E-state index < -0.39 is 0 Å². The number of benzene rings is 2. The van der Waals surface area contributed by atoms with E-state index in [1.807, 2.05) is 60.7 Å². The quantitative estimate of drug-likeness (QED) is 0.692. The summed E-state index contributed by atoms with van der Waals surface area (Å²) in [5.74, 6) is 2.29. The lowest BCUT2D eigenvalue weighted by atomic mass is 9.88. The molecule has 0 unspecified atom stereocenters. The van der Waals surface area contributed by atoms with Crippen molar-refractivity contribution >= 4 is 5.91 Å². The summed E-state index contributed by atoms with van der Waals surface area (Å²) in [7, 11) is 0. The Labute approximate surface area is 157 Å². The first-order valence-electron chi connectivity index (χ1n) is 9.03. The molecule has 0 saturated carbocycles. The topological polar surface area (TPSA) is 60.7 Å². The fourth-order valence-corrected chi connectivity index (χ4v) is 3.28. The Hall–Kier alpha value is -3.21. The van der Waals surface area contributed by atoms with Crippen molar-refractivity contribution in [3.05, 3.63) is 83.8 Å². The molecule has 1 aliphatic heterocycles. The summed E-state index contributed by atoms with van der Waals surface area (Å²) in [4.78, 5) is 12.6. The number of hydrogen-bond donors (Lipinski definition) is 1. The molecule has 0 bridgehead atoms. The highest BCUT2D eigenvalue weighted by Gasteiger charge is 2.21. The van der Waals surface area contributed by atoms with Gasteiger partial charge in [0.25, 0.3) is 0 Å². The van der Waals surface area contributed by atoms with E-state index in [-0.39, 0.29) is 18.6 Å². The minimum Gasteiger partial charge on any atom is -0.469 e. The van der Waals surface area contributed by atoms with Crippen LogP contribution in [0.1, 0.15) is 29.2 Å². The molecule has 2 aromatic carbocycles. The van der Waals surface area contributed by atoms with Gasteiger partial charge in [-0.15, -0.1) is 0 Å². The molecule has 1 aromatic heterocycles. The number of nitrogens with one attached hydrogen (secondary N) is 1.